The SMILES string of the molecule is Cc1cc(Cl)c2c3c1O[Si]1(CCCCC1)Oc1c(C)cc(Cl)c(c1S3)C2C. The lowest BCUT2D eigenvalue weighted by Gasteiger charge is -2.41. The van der Waals surface area contributed by atoms with Gasteiger partial charge < -0.3 is 8.85 Å². The van der Waals surface area contributed by atoms with Crippen molar-refractivity contribution >= 4 is 43.5 Å². The van der Waals surface area contributed by atoms with Crippen molar-refractivity contribution in [3.05, 3.63) is 44.4 Å². The molecule has 0 aromatic heterocycles. The second-order valence-electron chi connectivity index (χ2n) is 7.99. The Labute approximate surface area is 175 Å². The van der Waals surface area contributed by atoms with E-state index in [2.05, 4.69) is 20.8 Å². The molecule has 0 atom stereocenters. The van der Waals surface area contributed by atoms with E-state index in [4.69, 9.17) is 32.1 Å². The van der Waals surface area contributed by atoms with Gasteiger partial charge in [-0.15, -0.1) is 0 Å². The summed E-state index contributed by atoms with van der Waals surface area (Å²) in [5.41, 5.74) is 4.50. The fourth-order valence-electron chi connectivity index (χ4n) is 4.68. The van der Waals surface area contributed by atoms with Crippen molar-refractivity contribution in [1.29, 1.82) is 0 Å². The Kier molecular flexibility index (Phi) is 4.28. The fourth-order valence-corrected chi connectivity index (χ4v) is 10.9. The van der Waals surface area contributed by atoms with E-state index in [0.717, 1.165) is 55.9 Å². The Balaban J connectivity index is 1.84. The minimum absolute atomic E-state index is 0.115. The first-order valence-electron chi connectivity index (χ1n) is 9.62. The molecule has 0 aliphatic carbocycles. The van der Waals surface area contributed by atoms with Gasteiger partial charge in [-0.1, -0.05) is 48.3 Å². The molecule has 6 heteroatoms. The summed E-state index contributed by atoms with van der Waals surface area (Å²) in [6, 6.07) is 6.18. The number of halogens is 2. The highest BCUT2D eigenvalue weighted by atomic mass is 35.5. The van der Waals surface area contributed by atoms with E-state index in [0.29, 0.717) is 0 Å². The van der Waals surface area contributed by atoms with Gasteiger partial charge in [-0.2, -0.15) is 0 Å². The van der Waals surface area contributed by atoms with Gasteiger partial charge >= 0.3 is 8.56 Å². The van der Waals surface area contributed by atoms with E-state index < -0.39 is 8.56 Å². The van der Waals surface area contributed by atoms with Gasteiger partial charge in [0.1, 0.15) is 11.5 Å². The lowest BCUT2D eigenvalue weighted by atomic mass is 9.90. The summed E-state index contributed by atoms with van der Waals surface area (Å²) < 4.78 is 13.7. The third kappa shape index (κ3) is 2.67. The Morgan fingerprint density at radius 1 is 0.889 bits per heavy atom. The van der Waals surface area contributed by atoms with E-state index >= 15 is 0 Å². The van der Waals surface area contributed by atoms with Crippen molar-refractivity contribution in [2.75, 3.05) is 0 Å². The van der Waals surface area contributed by atoms with Gasteiger partial charge in [0.05, 0.1) is 9.79 Å². The van der Waals surface area contributed by atoms with Crippen LogP contribution in [0.25, 0.3) is 0 Å². The zero-order valence-electron chi connectivity index (χ0n) is 15.7. The summed E-state index contributed by atoms with van der Waals surface area (Å²) in [5.74, 6) is 2.10. The van der Waals surface area contributed by atoms with Crippen molar-refractivity contribution in [3.8, 4) is 11.5 Å². The molecule has 0 unspecified atom stereocenters. The van der Waals surface area contributed by atoms with Crippen LogP contribution >= 0.6 is 35.0 Å². The Morgan fingerprint density at radius 3 is 1.85 bits per heavy atom. The van der Waals surface area contributed by atoms with Gasteiger partial charge in [0.15, 0.2) is 0 Å². The van der Waals surface area contributed by atoms with Crippen LogP contribution in [0.1, 0.15) is 54.4 Å². The highest BCUT2D eigenvalue weighted by Crippen LogP contribution is 2.59. The Hall–Kier alpha value is -0.813. The number of rotatable bonds is 0. The van der Waals surface area contributed by atoms with E-state index in [1.54, 1.807) is 11.8 Å². The molecule has 3 aliphatic heterocycles. The van der Waals surface area contributed by atoms with Crippen LogP contribution in [0, 0.1) is 13.8 Å². The van der Waals surface area contributed by atoms with Crippen molar-refractivity contribution in [3.63, 3.8) is 0 Å². The molecule has 2 bridgehead atoms. The fraction of sp³-hybridized carbons (Fsp3) is 0.429. The van der Waals surface area contributed by atoms with Gasteiger partial charge in [-0.05, 0) is 61.1 Å². The summed E-state index contributed by atoms with van der Waals surface area (Å²) in [4.78, 5) is 2.34. The topological polar surface area (TPSA) is 18.5 Å². The summed E-state index contributed by atoms with van der Waals surface area (Å²) >= 11 is 15.2. The smallest absolute Gasteiger partial charge is 0.460 e. The number of hydrogen-bond donors (Lipinski definition) is 0. The van der Waals surface area contributed by atoms with Crippen LogP contribution in [0.15, 0.2) is 21.9 Å². The summed E-state index contributed by atoms with van der Waals surface area (Å²) in [7, 11) is -2.37. The summed E-state index contributed by atoms with van der Waals surface area (Å²) in [6.07, 6.45) is 3.63. The van der Waals surface area contributed by atoms with Gasteiger partial charge in [-0.3, -0.25) is 0 Å². The van der Waals surface area contributed by atoms with Gasteiger partial charge in [0.2, 0.25) is 0 Å². The second-order valence-corrected chi connectivity index (χ2v) is 13.1. The molecule has 1 saturated heterocycles. The van der Waals surface area contributed by atoms with Crippen LogP contribution in [0.4, 0.5) is 0 Å². The first-order valence-corrected chi connectivity index (χ1v) is 13.4. The van der Waals surface area contributed by atoms with Crippen LogP contribution in [0.3, 0.4) is 0 Å². The normalized spacial score (nSPS) is 19.9. The molecular formula is C21H22Cl2O2SSi. The Bertz CT molecular complexity index is 900. The molecule has 1 fully saturated rings. The third-order valence-electron chi connectivity index (χ3n) is 6.08. The van der Waals surface area contributed by atoms with Crippen molar-refractivity contribution in [2.24, 2.45) is 0 Å². The molecule has 0 radical (unpaired) electrons. The maximum atomic E-state index is 6.86. The zero-order chi connectivity index (χ0) is 18.9. The highest BCUT2D eigenvalue weighted by Gasteiger charge is 2.48. The molecule has 2 nitrogen and oxygen atoms in total. The highest BCUT2D eigenvalue weighted by molar-refractivity contribution is 7.99. The van der Waals surface area contributed by atoms with Gasteiger partial charge in [-0.25, -0.2) is 0 Å². The van der Waals surface area contributed by atoms with E-state index in [1.165, 1.54) is 29.1 Å². The first kappa shape index (κ1) is 18.2. The number of hydrogen-bond acceptors (Lipinski definition) is 3. The maximum Gasteiger partial charge on any atom is 0.460 e. The predicted octanol–water partition coefficient (Wildman–Crippen LogP) is 7.62. The molecule has 142 valence electrons. The third-order valence-corrected chi connectivity index (χ3v) is 11.3. The van der Waals surface area contributed by atoms with Crippen molar-refractivity contribution in [2.45, 2.75) is 67.8 Å². The minimum Gasteiger partial charge on any atom is -0.511 e. The molecule has 0 N–H and O–H groups in total. The first-order chi connectivity index (χ1) is 12.9. The average molecular weight is 437 g/mol. The molecule has 2 aromatic carbocycles. The lowest BCUT2D eigenvalue weighted by Crippen LogP contribution is -2.51. The second kappa shape index (κ2) is 6.35. The number of aryl methyl sites for hydroxylation is 2. The predicted molar refractivity (Wildman–Crippen MR) is 114 cm³/mol. The Morgan fingerprint density at radius 2 is 1.37 bits per heavy atom. The van der Waals surface area contributed by atoms with E-state index in [1.807, 2.05) is 12.1 Å². The molecule has 27 heavy (non-hydrogen) atoms. The van der Waals surface area contributed by atoms with Crippen LogP contribution in [-0.4, -0.2) is 8.56 Å². The quantitative estimate of drug-likeness (QED) is 0.395. The van der Waals surface area contributed by atoms with Gasteiger partial charge in [0, 0.05) is 28.1 Å². The monoisotopic (exact) mass is 436 g/mol. The molecule has 5 rings (SSSR count). The van der Waals surface area contributed by atoms with E-state index in [-0.39, 0.29) is 5.92 Å². The maximum absolute atomic E-state index is 6.86. The molecule has 3 aliphatic rings. The average Bonchev–Trinajstić information content (AvgIpc) is 2.61. The van der Waals surface area contributed by atoms with Gasteiger partial charge in [0.25, 0.3) is 0 Å². The number of benzene rings is 2. The van der Waals surface area contributed by atoms with Crippen molar-refractivity contribution < 1.29 is 8.85 Å². The molecule has 1 spiro atoms. The van der Waals surface area contributed by atoms with Crippen molar-refractivity contribution in [1.82, 2.24) is 0 Å². The van der Waals surface area contributed by atoms with Crippen LogP contribution < -0.4 is 8.85 Å². The molecule has 0 saturated carbocycles. The van der Waals surface area contributed by atoms with Crippen LogP contribution in [-0.2, 0) is 0 Å². The molecule has 3 heterocycles. The molecular weight excluding hydrogens is 415 g/mol. The van der Waals surface area contributed by atoms with E-state index in [9.17, 15) is 0 Å². The summed E-state index contributed by atoms with van der Waals surface area (Å²) in [6.45, 7) is 6.38. The van der Waals surface area contributed by atoms with Crippen LogP contribution in [0.2, 0.25) is 22.1 Å². The molecule has 2 aromatic rings. The minimum atomic E-state index is -2.37. The zero-order valence-corrected chi connectivity index (χ0v) is 19.1. The van der Waals surface area contributed by atoms with Crippen LogP contribution in [0.5, 0.6) is 11.5 Å². The molecule has 0 amide bonds. The standard InChI is InChI=1S/C21H22Cl2O2SSi/c1-11-9-14(22)16-13(3)17-15(23)10-12(2)19-21(17)26-20(16)18(11)24-27(25-19)7-5-4-6-8-27/h9-10,13H,4-8H2,1-3H3. The lowest BCUT2D eigenvalue weighted by molar-refractivity contribution is 0.344. The summed E-state index contributed by atoms with van der Waals surface area (Å²) in [5, 5.41) is 1.61. The largest absolute Gasteiger partial charge is 0.511 e.